The Hall–Kier alpha value is -2.20. The molecule has 0 atom stereocenters. The molecule has 19 heavy (non-hydrogen) atoms. The minimum atomic E-state index is 0.997. The van der Waals surface area contributed by atoms with Crippen molar-refractivity contribution in [2.75, 3.05) is 0 Å². The van der Waals surface area contributed by atoms with Gasteiger partial charge in [-0.2, -0.15) is 0 Å². The molecule has 0 bridgehead atoms. The molecule has 1 aromatic carbocycles. The number of hydrogen-bond donors (Lipinski definition) is 0. The average molecular weight is 265 g/mol. The maximum atomic E-state index is 4.40. The molecule has 0 aliphatic carbocycles. The van der Waals surface area contributed by atoms with E-state index < -0.39 is 0 Å². The molecule has 4 rings (SSSR count). The molecule has 0 unspecified atom stereocenters. The van der Waals surface area contributed by atoms with E-state index in [-0.39, 0.29) is 0 Å². The Morgan fingerprint density at radius 3 is 3.00 bits per heavy atom. The highest BCUT2D eigenvalue weighted by atomic mass is 32.1. The summed E-state index contributed by atoms with van der Waals surface area (Å²) in [5, 5.41) is 4.43. The fourth-order valence-corrected chi connectivity index (χ4v) is 3.31. The summed E-state index contributed by atoms with van der Waals surface area (Å²) in [5.41, 5.74) is 3.48. The predicted octanol–water partition coefficient (Wildman–Crippen LogP) is 3.85. The van der Waals surface area contributed by atoms with Crippen LogP contribution in [-0.4, -0.2) is 14.5 Å². The molecular formula is C15H11N3S. The smallest absolute Gasteiger partial charge is 0.116 e. The molecule has 0 spiro atoms. The van der Waals surface area contributed by atoms with Crippen LogP contribution in [0.15, 0.2) is 48.4 Å². The van der Waals surface area contributed by atoms with Crippen LogP contribution in [0.2, 0.25) is 0 Å². The van der Waals surface area contributed by atoms with Crippen LogP contribution in [0.3, 0.4) is 0 Å². The molecule has 0 amide bonds. The minimum absolute atomic E-state index is 0.997. The second kappa shape index (κ2) is 3.90. The van der Waals surface area contributed by atoms with Crippen molar-refractivity contribution in [3.63, 3.8) is 0 Å². The van der Waals surface area contributed by atoms with E-state index in [0.29, 0.717) is 0 Å². The Kier molecular flexibility index (Phi) is 2.19. The lowest BCUT2D eigenvalue weighted by Crippen LogP contribution is -1.90. The molecule has 4 heteroatoms. The van der Waals surface area contributed by atoms with Crippen LogP contribution >= 0.6 is 11.3 Å². The van der Waals surface area contributed by atoms with Crippen molar-refractivity contribution in [2.45, 2.75) is 0 Å². The first kappa shape index (κ1) is 10.7. The summed E-state index contributed by atoms with van der Waals surface area (Å²) in [7, 11) is 2.08. The lowest BCUT2D eigenvalue weighted by atomic mass is 10.1. The Balaban J connectivity index is 2.24. The molecule has 92 valence electrons. The standard InChI is InChI=1S/C15H11N3S/c1-18-5-4-10-12-8-16-9-17-13(12)7-11(15(10)18)14-3-2-6-19-14/h2-9H,1H3. The van der Waals surface area contributed by atoms with Crippen molar-refractivity contribution in [2.24, 2.45) is 7.05 Å². The molecule has 0 N–H and O–H groups in total. The highest BCUT2D eigenvalue weighted by Gasteiger charge is 2.12. The molecule has 3 aromatic heterocycles. The zero-order chi connectivity index (χ0) is 12.8. The molecular weight excluding hydrogens is 254 g/mol. The average Bonchev–Trinajstić information content (AvgIpc) is 3.08. The third-order valence-corrected chi connectivity index (χ3v) is 4.33. The Bertz CT molecular complexity index is 875. The van der Waals surface area contributed by atoms with Crippen molar-refractivity contribution in [1.29, 1.82) is 0 Å². The van der Waals surface area contributed by atoms with Gasteiger partial charge >= 0.3 is 0 Å². The molecule has 0 fully saturated rings. The summed E-state index contributed by atoms with van der Waals surface area (Å²) in [6.07, 6.45) is 5.59. The zero-order valence-electron chi connectivity index (χ0n) is 10.4. The van der Waals surface area contributed by atoms with Crippen LogP contribution in [-0.2, 0) is 7.05 Å². The number of rotatable bonds is 1. The fourth-order valence-electron chi connectivity index (χ4n) is 2.57. The lowest BCUT2D eigenvalue weighted by Gasteiger charge is -2.07. The van der Waals surface area contributed by atoms with Crippen molar-refractivity contribution < 1.29 is 0 Å². The van der Waals surface area contributed by atoms with Gasteiger partial charge in [-0.15, -0.1) is 11.3 Å². The van der Waals surface area contributed by atoms with Crippen molar-refractivity contribution in [1.82, 2.24) is 14.5 Å². The Morgan fingerprint density at radius 1 is 1.21 bits per heavy atom. The topological polar surface area (TPSA) is 30.7 Å². The lowest BCUT2D eigenvalue weighted by molar-refractivity contribution is 0.970. The summed E-state index contributed by atoms with van der Waals surface area (Å²) in [6, 6.07) is 8.53. The summed E-state index contributed by atoms with van der Waals surface area (Å²) < 4.78 is 2.16. The van der Waals surface area contributed by atoms with Crippen LogP contribution in [0.5, 0.6) is 0 Å². The maximum Gasteiger partial charge on any atom is 0.116 e. The van der Waals surface area contributed by atoms with Gasteiger partial charge in [0.15, 0.2) is 0 Å². The largest absolute Gasteiger partial charge is 0.350 e. The normalized spacial score (nSPS) is 11.4. The van der Waals surface area contributed by atoms with E-state index in [1.807, 2.05) is 6.20 Å². The highest BCUT2D eigenvalue weighted by molar-refractivity contribution is 7.13. The molecule has 4 aromatic rings. The van der Waals surface area contributed by atoms with Gasteiger partial charge in [-0.25, -0.2) is 9.97 Å². The van der Waals surface area contributed by atoms with Gasteiger partial charge in [0, 0.05) is 40.7 Å². The van der Waals surface area contributed by atoms with Crippen molar-refractivity contribution in [3.8, 4) is 10.4 Å². The van der Waals surface area contributed by atoms with Gasteiger partial charge in [0.2, 0.25) is 0 Å². The predicted molar refractivity (Wildman–Crippen MR) is 79.3 cm³/mol. The van der Waals surface area contributed by atoms with Crippen LogP contribution in [0, 0.1) is 0 Å². The Morgan fingerprint density at radius 2 is 2.16 bits per heavy atom. The van der Waals surface area contributed by atoms with Gasteiger partial charge in [0.05, 0.1) is 11.0 Å². The fraction of sp³-hybridized carbons (Fsp3) is 0.0667. The number of nitrogens with zero attached hydrogens (tertiary/aromatic N) is 3. The second-order valence-electron chi connectivity index (χ2n) is 4.55. The van der Waals surface area contributed by atoms with Crippen LogP contribution < -0.4 is 0 Å². The molecule has 0 aliphatic heterocycles. The Labute approximate surface area is 114 Å². The summed E-state index contributed by atoms with van der Waals surface area (Å²) in [4.78, 5) is 9.81. The quantitative estimate of drug-likeness (QED) is 0.523. The van der Waals surface area contributed by atoms with E-state index in [1.54, 1.807) is 17.7 Å². The van der Waals surface area contributed by atoms with Gasteiger partial charge in [0.25, 0.3) is 0 Å². The first-order valence-electron chi connectivity index (χ1n) is 6.06. The molecule has 0 radical (unpaired) electrons. The SMILES string of the molecule is Cn1ccc2c3cncnc3cc(-c3cccs3)c21. The summed E-state index contributed by atoms with van der Waals surface area (Å²) >= 11 is 1.75. The van der Waals surface area contributed by atoms with Crippen molar-refractivity contribution >= 4 is 33.1 Å². The van der Waals surface area contributed by atoms with E-state index in [1.165, 1.54) is 21.3 Å². The summed E-state index contributed by atoms with van der Waals surface area (Å²) in [6.45, 7) is 0. The number of thiophene rings is 1. The number of hydrogen-bond acceptors (Lipinski definition) is 3. The maximum absolute atomic E-state index is 4.40. The zero-order valence-corrected chi connectivity index (χ0v) is 11.2. The van der Waals surface area contributed by atoms with Gasteiger partial charge < -0.3 is 4.57 Å². The highest BCUT2D eigenvalue weighted by Crippen LogP contribution is 2.36. The van der Waals surface area contributed by atoms with Crippen LogP contribution in [0.1, 0.15) is 0 Å². The van der Waals surface area contributed by atoms with E-state index >= 15 is 0 Å². The molecule has 3 nitrogen and oxygen atoms in total. The minimum Gasteiger partial charge on any atom is -0.350 e. The van der Waals surface area contributed by atoms with E-state index in [2.05, 4.69) is 57.4 Å². The monoisotopic (exact) mass is 265 g/mol. The number of aryl methyl sites for hydroxylation is 1. The van der Waals surface area contributed by atoms with Gasteiger partial charge in [0.1, 0.15) is 6.33 Å². The van der Waals surface area contributed by atoms with Crippen LogP contribution in [0.4, 0.5) is 0 Å². The molecule has 0 saturated carbocycles. The number of fused-ring (bicyclic) bond motifs is 3. The van der Waals surface area contributed by atoms with E-state index in [9.17, 15) is 0 Å². The van der Waals surface area contributed by atoms with E-state index in [4.69, 9.17) is 0 Å². The van der Waals surface area contributed by atoms with E-state index in [0.717, 1.165) is 10.9 Å². The number of aromatic nitrogens is 3. The van der Waals surface area contributed by atoms with Gasteiger partial charge in [-0.05, 0) is 23.6 Å². The first-order valence-corrected chi connectivity index (χ1v) is 6.94. The van der Waals surface area contributed by atoms with Gasteiger partial charge in [-0.1, -0.05) is 6.07 Å². The molecule has 0 saturated heterocycles. The third-order valence-electron chi connectivity index (χ3n) is 3.43. The summed E-state index contributed by atoms with van der Waals surface area (Å²) in [5.74, 6) is 0. The molecule has 0 aliphatic rings. The van der Waals surface area contributed by atoms with Crippen molar-refractivity contribution in [3.05, 3.63) is 48.4 Å². The van der Waals surface area contributed by atoms with Gasteiger partial charge in [-0.3, -0.25) is 0 Å². The molecule has 3 heterocycles. The van der Waals surface area contributed by atoms with Crippen LogP contribution in [0.25, 0.3) is 32.2 Å². The first-order chi connectivity index (χ1) is 9.34. The third kappa shape index (κ3) is 1.50. The number of benzene rings is 1. The second-order valence-corrected chi connectivity index (χ2v) is 5.49.